The molecule has 1 aliphatic rings. The largest absolute Gasteiger partial charge is 0.397 e. The van der Waals surface area contributed by atoms with Gasteiger partial charge in [0, 0.05) is 12.1 Å². The summed E-state index contributed by atoms with van der Waals surface area (Å²) in [6.07, 6.45) is 0. The average molecular weight is 243 g/mol. The van der Waals surface area contributed by atoms with Crippen LogP contribution in [0.2, 0.25) is 0 Å². The number of hydrogen-bond donors (Lipinski definition) is 2. The maximum absolute atomic E-state index is 11.5. The van der Waals surface area contributed by atoms with Gasteiger partial charge in [0.05, 0.1) is 11.4 Å². The standard InChI is InChI=1S/C12H13N5O/c1-6-15-7(2)17(16-6)11-3-8-5-14-12(18)9(8)4-10(11)13/h3-4H,5,13H2,1-2H3,(H,14,18). The molecule has 0 radical (unpaired) electrons. The molecule has 1 aromatic heterocycles. The van der Waals surface area contributed by atoms with E-state index in [1.54, 1.807) is 10.7 Å². The van der Waals surface area contributed by atoms with E-state index in [4.69, 9.17) is 5.73 Å². The number of carbonyl (C=O) groups is 1. The van der Waals surface area contributed by atoms with Crippen molar-refractivity contribution in [1.29, 1.82) is 0 Å². The maximum atomic E-state index is 11.5. The molecule has 0 saturated carbocycles. The first-order valence-electron chi connectivity index (χ1n) is 5.67. The molecule has 0 bridgehead atoms. The monoisotopic (exact) mass is 243 g/mol. The van der Waals surface area contributed by atoms with Crippen molar-refractivity contribution >= 4 is 11.6 Å². The Morgan fingerprint density at radius 1 is 1.39 bits per heavy atom. The SMILES string of the molecule is Cc1nc(C)n(-c2cc3c(cc2N)C(=O)NC3)n1. The third-order valence-corrected chi connectivity index (χ3v) is 3.04. The van der Waals surface area contributed by atoms with Gasteiger partial charge in [-0.1, -0.05) is 0 Å². The molecule has 0 atom stereocenters. The molecule has 1 amide bonds. The van der Waals surface area contributed by atoms with Crippen molar-refractivity contribution in [2.24, 2.45) is 0 Å². The fraction of sp³-hybridized carbons (Fsp3) is 0.250. The lowest BCUT2D eigenvalue weighted by Crippen LogP contribution is -2.12. The van der Waals surface area contributed by atoms with Crippen LogP contribution >= 0.6 is 0 Å². The molecule has 0 unspecified atom stereocenters. The molecule has 3 rings (SSSR count). The van der Waals surface area contributed by atoms with Crippen LogP contribution in [0.25, 0.3) is 5.69 Å². The van der Waals surface area contributed by atoms with Crippen LogP contribution in [-0.2, 0) is 6.54 Å². The Labute approximate surface area is 104 Å². The maximum Gasteiger partial charge on any atom is 0.251 e. The van der Waals surface area contributed by atoms with Gasteiger partial charge in [-0.2, -0.15) is 5.10 Å². The highest BCUT2D eigenvalue weighted by Crippen LogP contribution is 2.25. The number of fused-ring (bicyclic) bond motifs is 1. The van der Waals surface area contributed by atoms with Crippen molar-refractivity contribution in [2.45, 2.75) is 20.4 Å². The van der Waals surface area contributed by atoms with Gasteiger partial charge >= 0.3 is 0 Å². The van der Waals surface area contributed by atoms with Crippen molar-refractivity contribution in [2.75, 3.05) is 5.73 Å². The summed E-state index contributed by atoms with van der Waals surface area (Å²) < 4.78 is 1.70. The highest BCUT2D eigenvalue weighted by Gasteiger charge is 2.21. The van der Waals surface area contributed by atoms with Gasteiger partial charge < -0.3 is 11.1 Å². The molecule has 0 saturated heterocycles. The van der Waals surface area contributed by atoms with Crippen LogP contribution in [0.3, 0.4) is 0 Å². The molecule has 2 heterocycles. The molecule has 3 N–H and O–H groups in total. The zero-order valence-electron chi connectivity index (χ0n) is 10.2. The van der Waals surface area contributed by atoms with E-state index < -0.39 is 0 Å². The van der Waals surface area contributed by atoms with Gasteiger partial charge in [0.1, 0.15) is 11.6 Å². The van der Waals surface area contributed by atoms with Crippen molar-refractivity contribution in [3.63, 3.8) is 0 Å². The van der Waals surface area contributed by atoms with Gasteiger partial charge in [-0.3, -0.25) is 4.79 Å². The lowest BCUT2D eigenvalue weighted by molar-refractivity contribution is 0.0966. The molecule has 92 valence electrons. The Morgan fingerprint density at radius 2 is 2.17 bits per heavy atom. The minimum Gasteiger partial charge on any atom is -0.397 e. The quantitative estimate of drug-likeness (QED) is 0.722. The van der Waals surface area contributed by atoms with E-state index in [0.29, 0.717) is 23.6 Å². The van der Waals surface area contributed by atoms with Crippen LogP contribution < -0.4 is 11.1 Å². The third-order valence-electron chi connectivity index (χ3n) is 3.04. The second kappa shape index (κ2) is 3.56. The zero-order chi connectivity index (χ0) is 12.9. The van der Waals surface area contributed by atoms with Gasteiger partial charge in [-0.05, 0) is 31.5 Å². The highest BCUT2D eigenvalue weighted by molar-refractivity contribution is 5.99. The Kier molecular flexibility index (Phi) is 2.13. The molecule has 0 fully saturated rings. The second-order valence-electron chi connectivity index (χ2n) is 4.37. The van der Waals surface area contributed by atoms with E-state index in [0.717, 1.165) is 17.1 Å². The van der Waals surface area contributed by atoms with Crippen molar-refractivity contribution in [3.8, 4) is 5.69 Å². The van der Waals surface area contributed by atoms with Gasteiger partial charge in [0.2, 0.25) is 0 Å². The Hall–Kier alpha value is -2.37. The fourth-order valence-electron chi connectivity index (χ4n) is 2.21. The van der Waals surface area contributed by atoms with Crippen LogP contribution in [0.15, 0.2) is 12.1 Å². The summed E-state index contributed by atoms with van der Waals surface area (Å²) in [5.74, 6) is 1.40. The number of benzene rings is 1. The number of rotatable bonds is 1. The molecule has 0 aliphatic carbocycles. The Bertz CT molecular complexity index is 659. The van der Waals surface area contributed by atoms with E-state index in [2.05, 4.69) is 15.4 Å². The number of nitrogens with two attached hydrogens (primary N) is 1. The fourth-order valence-corrected chi connectivity index (χ4v) is 2.21. The van der Waals surface area contributed by atoms with E-state index in [1.165, 1.54) is 0 Å². The van der Waals surface area contributed by atoms with E-state index in [9.17, 15) is 4.79 Å². The summed E-state index contributed by atoms with van der Waals surface area (Å²) in [4.78, 5) is 15.8. The number of carbonyl (C=O) groups excluding carboxylic acids is 1. The summed E-state index contributed by atoms with van der Waals surface area (Å²) in [6.45, 7) is 4.24. The summed E-state index contributed by atoms with van der Waals surface area (Å²) >= 11 is 0. The van der Waals surface area contributed by atoms with Crippen LogP contribution in [0.4, 0.5) is 5.69 Å². The average Bonchev–Trinajstić information content (AvgIpc) is 2.82. The number of aromatic nitrogens is 3. The van der Waals surface area contributed by atoms with Gasteiger partial charge in [0.15, 0.2) is 0 Å². The summed E-state index contributed by atoms with van der Waals surface area (Å²) in [6, 6.07) is 3.59. The van der Waals surface area contributed by atoms with Crippen LogP contribution in [0.1, 0.15) is 27.6 Å². The first-order valence-corrected chi connectivity index (χ1v) is 5.67. The minimum atomic E-state index is -0.0743. The van der Waals surface area contributed by atoms with Crippen LogP contribution in [-0.4, -0.2) is 20.7 Å². The number of nitrogen functional groups attached to an aromatic ring is 1. The Balaban J connectivity index is 2.20. The first-order chi connectivity index (χ1) is 8.56. The molecular weight excluding hydrogens is 230 g/mol. The van der Waals surface area contributed by atoms with Crippen molar-refractivity contribution in [1.82, 2.24) is 20.1 Å². The van der Waals surface area contributed by atoms with Gasteiger partial charge in [0.25, 0.3) is 5.91 Å². The zero-order valence-corrected chi connectivity index (χ0v) is 10.2. The molecule has 1 aromatic carbocycles. The lowest BCUT2D eigenvalue weighted by atomic mass is 10.1. The normalized spacial score (nSPS) is 13.6. The van der Waals surface area contributed by atoms with Gasteiger partial charge in [-0.15, -0.1) is 0 Å². The highest BCUT2D eigenvalue weighted by atomic mass is 16.1. The van der Waals surface area contributed by atoms with E-state index in [-0.39, 0.29) is 5.91 Å². The number of nitrogens with one attached hydrogen (secondary N) is 1. The first kappa shape index (κ1) is 10.8. The molecule has 18 heavy (non-hydrogen) atoms. The summed E-state index contributed by atoms with van der Waals surface area (Å²) in [5, 5.41) is 7.08. The van der Waals surface area contributed by atoms with Crippen molar-refractivity contribution < 1.29 is 4.79 Å². The number of hydrogen-bond acceptors (Lipinski definition) is 4. The van der Waals surface area contributed by atoms with Crippen LogP contribution in [0.5, 0.6) is 0 Å². The second-order valence-corrected chi connectivity index (χ2v) is 4.37. The van der Waals surface area contributed by atoms with E-state index >= 15 is 0 Å². The smallest absolute Gasteiger partial charge is 0.251 e. The Morgan fingerprint density at radius 3 is 2.83 bits per heavy atom. The number of anilines is 1. The summed E-state index contributed by atoms with van der Waals surface area (Å²) in [5.41, 5.74) is 8.88. The number of nitrogens with zero attached hydrogens (tertiary/aromatic N) is 3. The molecule has 6 nitrogen and oxygen atoms in total. The minimum absolute atomic E-state index is 0.0743. The van der Waals surface area contributed by atoms with E-state index in [1.807, 2.05) is 19.9 Å². The molecule has 0 spiro atoms. The number of aryl methyl sites for hydroxylation is 2. The third kappa shape index (κ3) is 1.46. The molecule has 2 aromatic rings. The summed E-state index contributed by atoms with van der Waals surface area (Å²) in [7, 11) is 0. The molecular formula is C12H13N5O. The van der Waals surface area contributed by atoms with Crippen LogP contribution in [0, 0.1) is 13.8 Å². The lowest BCUT2D eigenvalue weighted by Gasteiger charge is -2.08. The predicted octanol–water partition coefficient (Wildman–Crippen LogP) is 0.710. The molecule has 6 heteroatoms. The number of amides is 1. The topological polar surface area (TPSA) is 85.8 Å². The van der Waals surface area contributed by atoms with Gasteiger partial charge in [-0.25, -0.2) is 9.67 Å². The van der Waals surface area contributed by atoms with Crippen molar-refractivity contribution in [3.05, 3.63) is 34.9 Å². The molecule has 1 aliphatic heterocycles. The predicted molar refractivity (Wildman–Crippen MR) is 66.4 cm³/mol.